The Labute approximate surface area is 197 Å². The molecule has 168 valence electrons. The van der Waals surface area contributed by atoms with Crippen LogP contribution in [0.2, 0.25) is 0 Å². The molecule has 6 nitrogen and oxygen atoms in total. The zero-order valence-electron chi connectivity index (χ0n) is 18.8. The molecule has 0 fully saturated rings. The molecule has 0 bridgehead atoms. The highest BCUT2D eigenvalue weighted by Gasteiger charge is 2.17. The number of aryl methyl sites for hydroxylation is 3. The Balaban J connectivity index is 1.30. The van der Waals surface area contributed by atoms with Crippen molar-refractivity contribution in [2.75, 3.05) is 5.32 Å². The van der Waals surface area contributed by atoms with E-state index in [4.69, 9.17) is 4.52 Å². The SMILES string of the molecule is Cc1noc(C)c1CSc1ccccc1C(=O)Nc1ccc(-c2ncc3n2CCCC3)cc1. The van der Waals surface area contributed by atoms with E-state index in [1.807, 2.05) is 68.6 Å². The molecule has 1 N–H and O–H groups in total. The highest BCUT2D eigenvalue weighted by atomic mass is 32.2. The molecule has 1 amide bonds. The van der Waals surface area contributed by atoms with E-state index >= 15 is 0 Å². The lowest BCUT2D eigenvalue weighted by Crippen LogP contribution is -2.13. The van der Waals surface area contributed by atoms with Crippen LogP contribution in [0.1, 0.15) is 45.9 Å². The van der Waals surface area contributed by atoms with Crippen molar-refractivity contribution in [3.8, 4) is 11.4 Å². The van der Waals surface area contributed by atoms with Gasteiger partial charge >= 0.3 is 0 Å². The van der Waals surface area contributed by atoms with Crippen LogP contribution < -0.4 is 5.32 Å². The highest BCUT2D eigenvalue weighted by molar-refractivity contribution is 7.98. The van der Waals surface area contributed by atoms with Gasteiger partial charge < -0.3 is 14.4 Å². The smallest absolute Gasteiger partial charge is 0.256 e. The summed E-state index contributed by atoms with van der Waals surface area (Å²) in [5.41, 5.74) is 5.75. The summed E-state index contributed by atoms with van der Waals surface area (Å²) in [5, 5.41) is 7.06. The molecule has 2 aromatic carbocycles. The van der Waals surface area contributed by atoms with Crippen molar-refractivity contribution >= 4 is 23.4 Å². The molecule has 7 heteroatoms. The van der Waals surface area contributed by atoms with Crippen LogP contribution in [0.15, 0.2) is 64.1 Å². The zero-order valence-corrected chi connectivity index (χ0v) is 19.6. The maximum absolute atomic E-state index is 13.1. The summed E-state index contributed by atoms with van der Waals surface area (Å²) < 4.78 is 7.57. The minimum atomic E-state index is -0.122. The number of thioether (sulfide) groups is 1. The van der Waals surface area contributed by atoms with Gasteiger partial charge in [-0.2, -0.15) is 0 Å². The van der Waals surface area contributed by atoms with Crippen LogP contribution in [0.25, 0.3) is 11.4 Å². The van der Waals surface area contributed by atoms with Crippen molar-refractivity contribution in [1.29, 1.82) is 0 Å². The molecule has 1 aliphatic heterocycles. The normalized spacial score (nSPS) is 13.0. The van der Waals surface area contributed by atoms with E-state index in [2.05, 4.69) is 20.0 Å². The van der Waals surface area contributed by atoms with Gasteiger partial charge in [0.25, 0.3) is 5.91 Å². The standard InChI is InChI=1S/C26H26N4O2S/c1-17-23(18(2)32-29-17)16-33-24-9-4-3-8-22(24)26(31)28-20-12-10-19(11-13-20)25-27-15-21-7-5-6-14-30(21)25/h3-4,8-13,15H,5-7,14,16H2,1-2H3,(H,28,31). The van der Waals surface area contributed by atoms with Crippen molar-refractivity contribution in [2.24, 2.45) is 0 Å². The van der Waals surface area contributed by atoms with Gasteiger partial charge in [-0.15, -0.1) is 11.8 Å². The summed E-state index contributed by atoms with van der Waals surface area (Å²) in [4.78, 5) is 18.6. The molecule has 0 atom stereocenters. The van der Waals surface area contributed by atoms with E-state index in [1.54, 1.807) is 11.8 Å². The van der Waals surface area contributed by atoms with Crippen molar-refractivity contribution in [2.45, 2.75) is 50.3 Å². The number of anilines is 1. The molecule has 2 aromatic heterocycles. The van der Waals surface area contributed by atoms with E-state index in [-0.39, 0.29) is 5.91 Å². The number of carbonyl (C=O) groups is 1. The fourth-order valence-corrected chi connectivity index (χ4v) is 5.41. The number of imidazole rings is 1. The van der Waals surface area contributed by atoms with E-state index < -0.39 is 0 Å². The summed E-state index contributed by atoms with van der Waals surface area (Å²) in [6, 6.07) is 15.6. The van der Waals surface area contributed by atoms with Crippen LogP contribution in [0.5, 0.6) is 0 Å². The van der Waals surface area contributed by atoms with Crippen LogP contribution >= 0.6 is 11.8 Å². The van der Waals surface area contributed by atoms with Gasteiger partial charge in [-0.25, -0.2) is 4.98 Å². The third-order valence-electron chi connectivity index (χ3n) is 6.09. The lowest BCUT2D eigenvalue weighted by atomic mass is 10.1. The molecule has 0 unspecified atom stereocenters. The van der Waals surface area contributed by atoms with Gasteiger partial charge in [0, 0.05) is 45.9 Å². The number of hydrogen-bond donors (Lipinski definition) is 1. The predicted octanol–water partition coefficient (Wildman–Crippen LogP) is 6.04. The second-order valence-electron chi connectivity index (χ2n) is 8.30. The van der Waals surface area contributed by atoms with Gasteiger partial charge in [0.15, 0.2) is 0 Å². The third-order valence-corrected chi connectivity index (χ3v) is 7.19. The maximum atomic E-state index is 13.1. The molecule has 0 saturated carbocycles. The van der Waals surface area contributed by atoms with Crippen molar-refractivity contribution < 1.29 is 9.32 Å². The summed E-state index contributed by atoms with van der Waals surface area (Å²) in [6.45, 7) is 4.87. The fraction of sp³-hybridized carbons (Fsp3) is 0.269. The van der Waals surface area contributed by atoms with Crippen LogP contribution in [-0.2, 0) is 18.7 Å². The molecule has 0 spiro atoms. The van der Waals surface area contributed by atoms with Crippen molar-refractivity contribution in [3.63, 3.8) is 0 Å². The highest BCUT2D eigenvalue weighted by Crippen LogP contribution is 2.30. The van der Waals surface area contributed by atoms with Crippen molar-refractivity contribution in [1.82, 2.24) is 14.7 Å². The van der Waals surface area contributed by atoms with E-state index in [9.17, 15) is 4.79 Å². The second-order valence-corrected chi connectivity index (χ2v) is 9.32. The first-order chi connectivity index (χ1) is 16.1. The largest absolute Gasteiger partial charge is 0.361 e. The molecule has 5 rings (SSSR count). The average molecular weight is 459 g/mol. The number of benzene rings is 2. The van der Waals surface area contributed by atoms with Crippen LogP contribution in [0.3, 0.4) is 0 Å². The fourth-order valence-electron chi connectivity index (χ4n) is 4.21. The number of fused-ring (bicyclic) bond motifs is 1. The van der Waals surface area contributed by atoms with Gasteiger partial charge in [-0.1, -0.05) is 17.3 Å². The Kier molecular flexibility index (Phi) is 6.05. The monoisotopic (exact) mass is 458 g/mol. The Morgan fingerprint density at radius 3 is 2.73 bits per heavy atom. The Bertz CT molecular complexity index is 1270. The molecular formula is C26H26N4O2S. The summed E-state index contributed by atoms with van der Waals surface area (Å²) in [7, 11) is 0. The molecule has 4 aromatic rings. The Hall–Kier alpha value is -3.32. The zero-order chi connectivity index (χ0) is 22.8. The number of amides is 1. The first-order valence-corrected chi connectivity index (χ1v) is 12.2. The summed E-state index contributed by atoms with van der Waals surface area (Å²) >= 11 is 1.61. The van der Waals surface area contributed by atoms with E-state index in [1.165, 1.54) is 18.5 Å². The number of carbonyl (C=O) groups excluding carboxylic acids is 1. The molecule has 1 aliphatic rings. The molecule has 33 heavy (non-hydrogen) atoms. The Morgan fingerprint density at radius 1 is 1.12 bits per heavy atom. The average Bonchev–Trinajstić information content (AvgIpc) is 3.41. The van der Waals surface area contributed by atoms with Crippen LogP contribution in [0.4, 0.5) is 5.69 Å². The summed E-state index contributed by atoms with van der Waals surface area (Å²) in [6.07, 6.45) is 5.50. The van der Waals surface area contributed by atoms with Gasteiger partial charge in [0.2, 0.25) is 0 Å². The molecule has 3 heterocycles. The minimum Gasteiger partial charge on any atom is -0.361 e. The molecule has 0 radical (unpaired) electrons. The lowest BCUT2D eigenvalue weighted by molar-refractivity contribution is 0.102. The minimum absolute atomic E-state index is 0.122. The van der Waals surface area contributed by atoms with E-state index in [0.717, 1.165) is 52.0 Å². The number of nitrogens with zero attached hydrogens (tertiary/aromatic N) is 3. The lowest BCUT2D eigenvalue weighted by Gasteiger charge is -2.16. The number of hydrogen-bond acceptors (Lipinski definition) is 5. The van der Waals surface area contributed by atoms with Crippen LogP contribution in [-0.4, -0.2) is 20.6 Å². The quantitative estimate of drug-likeness (QED) is 0.357. The maximum Gasteiger partial charge on any atom is 0.256 e. The van der Waals surface area contributed by atoms with Crippen LogP contribution in [0, 0.1) is 13.8 Å². The molecular weight excluding hydrogens is 432 g/mol. The Morgan fingerprint density at radius 2 is 1.94 bits per heavy atom. The number of aromatic nitrogens is 3. The molecule has 0 saturated heterocycles. The molecule has 0 aliphatic carbocycles. The third kappa shape index (κ3) is 4.46. The van der Waals surface area contributed by atoms with Gasteiger partial charge in [0.05, 0.1) is 11.3 Å². The predicted molar refractivity (Wildman–Crippen MR) is 131 cm³/mol. The van der Waals surface area contributed by atoms with Gasteiger partial charge in [0.1, 0.15) is 11.6 Å². The van der Waals surface area contributed by atoms with Gasteiger partial charge in [-0.3, -0.25) is 4.79 Å². The van der Waals surface area contributed by atoms with Crippen molar-refractivity contribution in [3.05, 3.63) is 83.0 Å². The summed E-state index contributed by atoms with van der Waals surface area (Å²) in [5.74, 6) is 2.40. The first-order valence-electron chi connectivity index (χ1n) is 11.2. The van der Waals surface area contributed by atoms with Gasteiger partial charge in [-0.05, 0) is 69.5 Å². The topological polar surface area (TPSA) is 73.0 Å². The first kappa shape index (κ1) is 21.5. The van der Waals surface area contributed by atoms with E-state index in [0.29, 0.717) is 11.3 Å². The number of rotatable bonds is 6. The number of nitrogens with one attached hydrogen (secondary N) is 1. The second kappa shape index (κ2) is 9.27.